The van der Waals surface area contributed by atoms with Gasteiger partial charge in [-0.2, -0.15) is 0 Å². The zero-order valence-electron chi connectivity index (χ0n) is 14.8. The van der Waals surface area contributed by atoms with Crippen LogP contribution in [-0.4, -0.2) is 40.4 Å². The lowest BCUT2D eigenvalue weighted by molar-refractivity contribution is 0.0749. The second-order valence-corrected chi connectivity index (χ2v) is 6.32. The summed E-state index contributed by atoms with van der Waals surface area (Å²) in [5, 5.41) is 3.99. The van der Waals surface area contributed by atoms with Gasteiger partial charge in [0.15, 0.2) is 0 Å². The lowest BCUT2D eigenvalue weighted by Crippen LogP contribution is -2.33. The Kier molecular flexibility index (Phi) is 7.67. The number of aromatic nitrogens is 2. The molecular weight excluding hydrogens is 336 g/mol. The molecule has 0 radical (unpaired) electrons. The van der Waals surface area contributed by atoms with Crippen LogP contribution in [0.15, 0.2) is 36.7 Å². The van der Waals surface area contributed by atoms with Crippen LogP contribution in [-0.2, 0) is 6.42 Å². The Morgan fingerprint density at radius 2 is 1.80 bits per heavy atom. The van der Waals surface area contributed by atoms with E-state index in [9.17, 15) is 4.79 Å². The van der Waals surface area contributed by atoms with E-state index in [1.807, 2.05) is 29.2 Å². The highest BCUT2D eigenvalue weighted by Gasteiger charge is 2.16. The first-order chi connectivity index (χ1) is 12.1. The molecule has 1 N–H and O–H groups in total. The molecule has 2 aromatic rings. The van der Waals surface area contributed by atoms with Crippen molar-refractivity contribution < 1.29 is 4.79 Å². The highest BCUT2D eigenvalue weighted by atomic mass is 35.5. The lowest BCUT2D eigenvalue weighted by Gasteiger charge is -2.21. The van der Waals surface area contributed by atoms with E-state index in [1.54, 1.807) is 6.07 Å². The maximum absolute atomic E-state index is 12.6. The van der Waals surface area contributed by atoms with Gasteiger partial charge in [-0.3, -0.25) is 4.79 Å². The predicted molar refractivity (Wildman–Crippen MR) is 102 cm³/mol. The van der Waals surface area contributed by atoms with Crippen molar-refractivity contribution in [1.82, 2.24) is 14.9 Å². The van der Waals surface area contributed by atoms with Crippen LogP contribution in [0.3, 0.4) is 0 Å². The average molecular weight is 361 g/mol. The molecule has 2 rings (SSSR count). The van der Waals surface area contributed by atoms with Gasteiger partial charge in [0.2, 0.25) is 0 Å². The molecule has 0 atom stereocenters. The molecule has 134 valence electrons. The second-order valence-electron chi connectivity index (χ2n) is 5.88. The normalized spacial score (nSPS) is 10.5. The molecule has 5 nitrogen and oxygen atoms in total. The van der Waals surface area contributed by atoms with E-state index in [4.69, 9.17) is 11.6 Å². The molecule has 0 bridgehead atoms. The number of carbonyl (C=O) groups excluding carboxylic acids is 1. The molecule has 0 fully saturated rings. The van der Waals surface area contributed by atoms with Crippen molar-refractivity contribution in [2.45, 2.75) is 33.1 Å². The number of nitrogens with one attached hydrogen (secondary N) is 1. The number of hydrogen-bond acceptors (Lipinski definition) is 4. The number of hydrogen-bond donors (Lipinski definition) is 1. The molecule has 0 aliphatic rings. The Bertz CT molecular complexity index is 669. The van der Waals surface area contributed by atoms with E-state index in [2.05, 4.69) is 29.1 Å². The van der Waals surface area contributed by atoms with Crippen molar-refractivity contribution >= 4 is 23.3 Å². The average Bonchev–Trinajstić information content (AvgIpc) is 2.63. The molecule has 1 heterocycles. The lowest BCUT2D eigenvalue weighted by atomic mass is 10.1. The summed E-state index contributed by atoms with van der Waals surface area (Å²) in [5.41, 5.74) is 1.63. The summed E-state index contributed by atoms with van der Waals surface area (Å²) < 4.78 is 0. The summed E-state index contributed by atoms with van der Waals surface area (Å²) in [4.78, 5) is 22.8. The molecule has 1 amide bonds. The SMILES string of the molecule is CCCN(CCC)C(=O)c1cc(NCCc2ccc(Cl)cc2)ncn1. The first-order valence-corrected chi connectivity index (χ1v) is 9.11. The van der Waals surface area contributed by atoms with Crippen LogP contribution in [0.5, 0.6) is 0 Å². The maximum Gasteiger partial charge on any atom is 0.272 e. The quantitative estimate of drug-likeness (QED) is 0.733. The number of anilines is 1. The molecule has 1 aromatic heterocycles. The molecule has 0 saturated heterocycles. The van der Waals surface area contributed by atoms with Gasteiger partial charge in [0.25, 0.3) is 5.91 Å². The first kappa shape index (κ1) is 19.2. The third-order valence-electron chi connectivity index (χ3n) is 3.79. The van der Waals surface area contributed by atoms with Crippen LogP contribution in [0.4, 0.5) is 5.82 Å². The Labute approximate surface area is 154 Å². The topological polar surface area (TPSA) is 58.1 Å². The van der Waals surface area contributed by atoms with Crippen molar-refractivity contribution in [3.05, 3.63) is 52.9 Å². The fourth-order valence-electron chi connectivity index (χ4n) is 2.57. The van der Waals surface area contributed by atoms with Crippen molar-refractivity contribution in [3.8, 4) is 0 Å². The fourth-order valence-corrected chi connectivity index (χ4v) is 2.70. The minimum atomic E-state index is -0.0353. The Balaban J connectivity index is 1.95. The Hall–Kier alpha value is -2.14. The largest absolute Gasteiger partial charge is 0.370 e. The van der Waals surface area contributed by atoms with Gasteiger partial charge in [-0.25, -0.2) is 9.97 Å². The summed E-state index contributed by atoms with van der Waals surface area (Å²) in [6.07, 6.45) is 4.15. The Morgan fingerprint density at radius 1 is 1.12 bits per heavy atom. The van der Waals surface area contributed by atoms with Gasteiger partial charge < -0.3 is 10.2 Å². The number of nitrogens with zero attached hydrogens (tertiary/aromatic N) is 3. The van der Waals surface area contributed by atoms with Crippen molar-refractivity contribution in [2.24, 2.45) is 0 Å². The molecule has 0 spiro atoms. The third kappa shape index (κ3) is 6.02. The molecule has 25 heavy (non-hydrogen) atoms. The molecular formula is C19H25ClN4O. The molecule has 0 saturated carbocycles. The number of halogens is 1. The Morgan fingerprint density at radius 3 is 2.44 bits per heavy atom. The van der Waals surface area contributed by atoms with Crippen LogP contribution < -0.4 is 5.32 Å². The van der Waals surface area contributed by atoms with Gasteiger partial charge in [-0.1, -0.05) is 37.6 Å². The van der Waals surface area contributed by atoms with E-state index in [-0.39, 0.29) is 5.91 Å². The molecule has 0 unspecified atom stereocenters. The highest BCUT2D eigenvalue weighted by Crippen LogP contribution is 2.11. The van der Waals surface area contributed by atoms with E-state index in [1.165, 1.54) is 11.9 Å². The highest BCUT2D eigenvalue weighted by molar-refractivity contribution is 6.30. The van der Waals surface area contributed by atoms with E-state index < -0.39 is 0 Å². The summed E-state index contributed by atoms with van der Waals surface area (Å²) >= 11 is 5.89. The van der Waals surface area contributed by atoms with Gasteiger partial charge in [-0.15, -0.1) is 0 Å². The van der Waals surface area contributed by atoms with Crippen LogP contribution in [0.25, 0.3) is 0 Å². The number of benzene rings is 1. The number of carbonyl (C=O) groups is 1. The first-order valence-electron chi connectivity index (χ1n) is 8.73. The van der Waals surface area contributed by atoms with Crippen LogP contribution in [0, 0.1) is 0 Å². The number of amides is 1. The van der Waals surface area contributed by atoms with Crippen molar-refractivity contribution in [3.63, 3.8) is 0 Å². The van der Waals surface area contributed by atoms with Crippen molar-refractivity contribution in [1.29, 1.82) is 0 Å². The zero-order valence-corrected chi connectivity index (χ0v) is 15.6. The van der Waals surface area contributed by atoms with Gasteiger partial charge in [0.05, 0.1) is 0 Å². The standard InChI is InChI=1S/C19H25ClN4O/c1-3-11-24(12-4-2)19(25)17-13-18(23-14-22-17)21-10-9-15-5-7-16(20)8-6-15/h5-8,13-14H,3-4,9-12H2,1-2H3,(H,21,22,23). The van der Waals surface area contributed by atoms with Gasteiger partial charge >= 0.3 is 0 Å². The summed E-state index contributed by atoms with van der Waals surface area (Å²) in [6, 6.07) is 9.50. The monoisotopic (exact) mass is 360 g/mol. The zero-order chi connectivity index (χ0) is 18.1. The second kappa shape index (κ2) is 9.99. The van der Waals surface area contributed by atoms with E-state index >= 15 is 0 Å². The summed E-state index contributed by atoms with van der Waals surface area (Å²) in [6.45, 7) is 6.35. The van der Waals surface area contributed by atoms with E-state index in [0.29, 0.717) is 11.5 Å². The van der Waals surface area contributed by atoms with Crippen LogP contribution in [0.2, 0.25) is 5.02 Å². The van der Waals surface area contributed by atoms with Crippen molar-refractivity contribution in [2.75, 3.05) is 25.0 Å². The maximum atomic E-state index is 12.6. The third-order valence-corrected chi connectivity index (χ3v) is 4.05. The smallest absolute Gasteiger partial charge is 0.272 e. The van der Waals surface area contributed by atoms with E-state index in [0.717, 1.165) is 43.9 Å². The minimum Gasteiger partial charge on any atom is -0.370 e. The van der Waals surface area contributed by atoms with Crippen LogP contribution in [0.1, 0.15) is 42.7 Å². The van der Waals surface area contributed by atoms with Gasteiger partial charge in [0.1, 0.15) is 17.8 Å². The summed E-state index contributed by atoms with van der Waals surface area (Å²) in [5.74, 6) is 0.632. The van der Waals surface area contributed by atoms with Crippen LogP contribution >= 0.6 is 11.6 Å². The van der Waals surface area contributed by atoms with Gasteiger partial charge in [-0.05, 0) is 37.0 Å². The van der Waals surface area contributed by atoms with Gasteiger partial charge in [0, 0.05) is 30.7 Å². The fraction of sp³-hybridized carbons (Fsp3) is 0.421. The number of rotatable bonds is 9. The molecule has 0 aliphatic heterocycles. The predicted octanol–water partition coefficient (Wildman–Crippen LogP) is 4.05. The molecule has 6 heteroatoms. The summed E-state index contributed by atoms with van der Waals surface area (Å²) in [7, 11) is 0. The molecule has 1 aromatic carbocycles. The minimum absolute atomic E-state index is 0.0353. The molecule has 0 aliphatic carbocycles.